The van der Waals surface area contributed by atoms with Crippen molar-refractivity contribution in [2.75, 3.05) is 22.1 Å². The van der Waals surface area contributed by atoms with Gasteiger partial charge in [0.05, 0.1) is 17.1 Å². The summed E-state index contributed by atoms with van der Waals surface area (Å²) in [7, 11) is 0. The van der Waals surface area contributed by atoms with Crippen LogP contribution in [0.25, 0.3) is 0 Å². The fraction of sp³-hybridized carbons (Fsp3) is 0.105. The molecule has 1 heterocycles. The van der Waals surface area contributed by atoms with E-state index in [2.05, 4.69) is 27.4 Å². The zero-order valence-electron chi connectivity index (χ0n) is 14.7. The van der Waals surface area contributed by atoms with Crippen LogP contribution in [0.2, 0.25) is 0 Å². The van der Waals surface area contributed by atoms with Crippen LogP contribution in [0.15, 0.2) is 70.4 Å². The molecule has 1 aromatic heterocycles. The molecule has 0 bridgehead atoms. The Labute approximate surface area is 174 Å². The highest BCUT2D eigenvalue weighted by atomic mass is 32.2. The number of hydrogen-bond acceptors (Lipinski definition) is 7. The molecule has 0 saturated heterocycles. The van der Waals surface area contributed by atoms with Gasteiger partial charge in [-0.25, -0.2) is 4.39 Å². The van der Waals surface area contributed by atoms with Crippen LogP contribution in [-0.4, -0.2) is 27.6 Å². The molecule has 3 aromatic rings. The molecular weight excluding hydrogens is 415 g/mol. The molecule has 3 rings (SSSR count). The Morgan fingerprint density at radius 3 is 2.64 bits per heavy atom. The summed E-state index contributed by atoms with van der Waals surface area (Å²) in [5, 5.41) is 14.3. The summed E-state index contributed by atoms with van der Waals surface area (Å²) in [5.41, 5.74) is 1.11. The van der Waals surface area contributed by atoms with E-state index in [1.807, 2.05) is 30.3 Å². The van der Waals surface area contributed by atoms with Gasteiger partial charge in [0.1, 0.15) is 5.82 Å². The van der Waals surface area contributed by atoms with Crippen LogP contribution in [0, 0.1) is 5.82 Å². The summed E-state index contributed by atoms with van der Waals surface area (Å²) in [5.74, 6) is 0.480. The monoisotopic (exact) mass is 432 g/mol. The third kappa shape index (κ3) is 5.82. The van der Waals surface area contributed by atoms with E-state index in [-0.39, 0.29) is 17.5 Å². The number of aromatic nitrogens is 2. The number of amides is 1. The molecule has 9 heteroatoms. The van der Waals surface area contributed by atoms with Crippen LogP contribution in [0.4, 0.5) is 20.9 Å². The molecule has 0 fully saturated rings. The van der Waals surface area contributed by atoms with Gasteiger partial charge in [0.2, 0.25) is 11.0 Å². The highest BCUT2D eigenvalue weighted by Gasteiger charge is 2.11. The molecule has 0 saturated carbocycles. The van der Waals surface area contributed by atoms with E-state index in [1.54, 1.807) is 30.0 Å². The maximum absolute atomic E-state index is 13.7. The first kappa shape index (κ1) is 20.4. The number of anilines is 3. The lowest BCUT2D eigenvalue weighted by molar-refractivity contribution is -0.113. The van der Waals surface area contributed by atoms with Gasteiger partial charge in [0.15, 0.2) is 4.34 Å². The van der Waals surface area contributed by atoms with Crippen LogP contribution >= 0.6 is 34.9 Å². The minimum Gasteiger partial charge on any atom is -0.328 e. The van der Waals surface area contributed by atoms with E-state index >= 15 is 0 Å². The second kappa shape index (κ2) is 10.3. The number of carbonyl (C=O) groups is 1. The van der Waals surface area contributed by atoms with Gasteiger partial charge in [-0.2, -0.15) is 0 Å². The maximum atomic E-state index is 13.7. The highest BCUT2D eigenvalue weighted by molar-refractivity contribution is 8.01. The lowest BCUT2D eigenvalue weighted by Crippen LogP contribution is -2.14. The molecule has 0 aliphatic heterocycles. The zero-order chi connectivity index (χ0) is 19.8. The first-order valence-corrected chi connectivity index (χ1v) is 11.0. The Morgan fingerprint density at radius 2 is 1.86 bits per heavy atom. The van der Waals surface area contributed by atoms with Crippen molar-refractivity contribution in [1.82, 2.24) is 10.2 Å². The first-order valence-electron chi connectivity index (χ1n) is 8.26. The first-order chi connectivity index (χ1) is 13.7. The smallest absolute Gasteiger partial charge is 0.234 e. The number of nitrogens with one attached hydrogen (secondary N) is 2. The summed E-state index contributed by atoms with van der Waals surface area (Å²) in [6.45, 7) is 3.71. The molecule has 0 radical (unpaired) electrons. The van der Waals surface area contributed by atoms with E-state index in [4.69, 9.17) is 0 Å². The van der Waals surface area contributed by atoms with Crippen LogP contribution in [-0.2, 0) is 4.79 Å². The number of halogens is 1. The van der Waals surface area contributed by atoms with E-state index in [1.165, 1.54) is 29.2 Å². The summed E-state index contributed by atoms with van der Waals surface area (Å²) >= 11 is 4.16. The largest absolute Gasteiger partial charge is 0.328 e. The lowest BCUT2D eigenvalue weighted by Gasteiger charge is -2.09. The van der Waals surface area contributed by atoms with E-state index in [9.17, 15) is 9.18 Å². The minimum atomic E-state index is -0.362. The molecular formula is C19H17FN4OS3. The van der Waals surface area contributed by atoms with Crippen molar-refractivity contribution in [3.8, 4) is 0 Å². The highest BCUT2D eigenvalue weighted by Crippen LogP contribution is 2.30. The second-order valence-corrected chi connectivity index (χ2v) is 8.67. The normalized spacial score (nSPS) is 10.5. The Bertz CT molecular complexity index is 964. The van der Waals surface area contributed by atoms with Crippen LogP contribution in [0.1, 0.15) is 0 Å². The third-order valence-corrected chi connectivity index (χ3v) is 6.41. The second-order valence-electron chi connectivity index (χ2n) is 5.41. The number of carbonyl (C=O) groups excluding carboxylic acids is 1. The average molecular weight is 433 g/mol. The van der Waals surface area contributed by atoms with Gasteiger partial charge in [-0.3, -0.25) is 4.79 Å². The molecule has 5 nitrogen and oxygen atoms in total. The van der Waals surface area contributed by atoms with Crippen LogP contribution < -0.4 is 10.6 Å². The fourth-order valence-electron chi connectivity index (χ4n) is 2.15. The van der Waals surface area contributed by atoms with Crippen molar-refractivity contribution in [3.05, 3.63) is 67.0 Å². The Morgan fingerprint density at radius 1 is 1.11 bits per heavy atom. The summed E-state index contributed by atoms with van der Waals surface area (Å²) in [6, 6.07) is 14.0. The summed E-state index contributed by atoms with van der Waals surface area (Å²) in [4.78, 5) is 13.3. The lowest BCUT2D eigenvalue weighted by atomic mass is 10.3. The number of hydrogen-bond donors (Lipinski definition) is 2. The molecule has 0 unspecified atom stereocenters. The Hall–Kier alpha value is -2.36. The molecule has 144 valence electrons. The molecule has 0 aliphatic rings. The van der Waals surface area contributed by atoms with Gasteiger partial charge >= 0.3 is 0 Å². The van der Waals surface area contributed by atoms with Gasteiger partial charge in [-0.15, -0.1) is 28.5 Å². The molecule has 2 aromatic carbocycles. The molecule has 1 amide bonds. The number of thioether (sulfide) groups is 2. The Kier molecular flexibility index (Phi) is 7.46. The molecule has 2 N–H and O–H groups in total. The standard InChI is InChI=1S/C19H17FN4OS3/c1-2-11-26-16-10-6-5-9-15(16)21-17(25)12-27-19-24-23-18(28-19)22-14-8-4-3-7-13(14)20/h2-10H,1,11-12H2,(H,21,25)(H,22,23). The van der Waals surface area contributed by atoms with Gasteiger partial charge < -0.3 is 10.6 Å². The number of rotatable bonds is 9. The predicted molar refractivity (Wildman–Crippen MR) is 116 cm³/mol. The number of nitrogens with zero attached hydrogens (tertiary/aromatic N) is 2. The Balaban J connectivity index is 1.54. The predicted octanol–water partition coefficient (Wildman–Crippen LogP) is 5.43. The molecule has 0 aliphatic carbocycles. The van der Waals surface area contributed by atoms with Gasteiger partial charge in [-0.1, -0.05) is 53.4 Å². The quantitative estimate of drug-likeness (QED) is 0.347. The summed E-state index contributed by atoms with van der Waals surface area (Å²) in [6.07, 6.45) is 1.82. The summed E-state index contributed by atoms with van der Waals surface area (Å²) < 4.78 is 14.3. The molecule has 0 spiro atoms. The van der Waals surface area contributed by atoms with Crippen molar-refractivity contribution in [3.63, 3.8) is 0 Å². The molecule has 0 atom stereocenters. The van der Waals surface area contributed by atoms with E-state index < -0.39 is 0 Å². The van der Waals surface area contributed by atoms with Crippen molar-refractivity contribution in [2.24, 2.45) is 0 Å². The van der Waals surface area contributed by atoms with E-state index in [0.717, 1.165) is 16.3 Å². The van der Waals surface area contributed by atoms with E-state index in [0.29, 0.717) is 15.2 Å². The van der Waals surface area contributed by atoms with Crippen molar-refractivity contribution in [2.45, 2.75) is 9.24 Å². The van der Waals surface area contributed by atoms with Gasteiger partial charge in [0, 0.05) is 10.6 Å². The van der Waals surface area contributed by atoms with Crippen molar-refractivity contribution >= 4 is 57.3 Å². The van der Waals surface area contributed by atoms with Crippen molar-refractivity contribution < 1.29 is 9.18 Å². The topological polar surface area (TPSA) is 66.9 Å². The number of benzene rings is 2. The number of para-hydroxylation sites is 2. The third-order valence-electron chi connectivity index (χ3n) is 3.37. The van der Waals surface area contributed by atoms with Crippen LogP contribution in [0.3, 0.4) is 0 Å². The fourth-order valence-corrected chi connectivity index (χ4v) is 4.47. The maximum Gasteiger partial charge on any atom is 0.234 e. The van der Waals surface area contributed by atoms with Gasteiger partial charge in [-0.05, 0) is 24.3 Å². The average Bonchev–Trinajstić information content (AvgIpc) is 3.15. The van der Waals surface area contributed by atoms with Crippen molar-refractivity contribution in [1.29, 1.82) is 0 Å². The SMILES string of the molecule is C=CCSc1ccccc1NC(=O)CSc1nnc(Nc2ccccc2F)s1. The van der Waals surface area contributed by atoms with Gasteiger partial charge in [0.25, 0.3) is 0 Å². The molecule has 28 heavy (non-hydrogen) atoms. The zero-order valence-corrected chi connectivity index (χ0v) is 17.2. The minimum absolute atomic E-state index is 0.129. The van der Waals surface area contributed by atoms with Crippen LogP contribution in [0.5, 0.6) is 0 Å².